The Bertz CT molecular complexity index is 216. The van der Waals surface area contributed by atoms with E-state index in [0.717, 1.165) is 12.8 Å². The lowest BCUT2D eigenvalue weighted by molar-refractivity contribution is -0.123. The van der Waals surface area contributed by atoms with Crippen LogP contribution in [0.1, 0.15) is 26.2 Å². The molecule has 0 saturated carbocycles. The summed E-state index contributed by atoms with van der Waals surface area (Å²) in [4.78, 5) is 11.1. The monoisotopic (exact) mass is 194 g/mol. The summed E-state index contributed by atoms with van der Waals surface area (Å²) in [5.74, 6) is 0.564. The molecule has 14 heavy (non-hydrogen) atoms. The zero-order chi connectivity index (χ0) is 10.2. The summed E-state index contributed by atoms with van der Waals surface area (Å²) < 4.78 is 5.34. The fourth-order valence-corrected chi connectivity index (χ4v) is 1.42. The molecular formula is C12H18O2. The highest BCUT2D eigenvalue weighted by Crippen LogP contribution is 2.09. The van der Waals surface area contributed by atoms with E-state index < -0.39 is 0 Å². The standard InChI is InChI=1S/C12H18O2/c1-2-6-12(13)10-14-9-11-7-4-3-5-8-11/h4-5,7-8,11H,2-3,6,9-10H2,1H3. The molecule has 78 valence electrons. The Morgan fingerprint density at radius 3 is 2.79 bits per heavy atom. The van der Waals surface area contributed by atoms with Gasteiger partial charge >= 0.3 is 0 Å². The van der Waals surface area contributed by atoms with Gasteiger partial charge in [-0.3, -0.25) is 4.79 Å². The van der Waals surface area contributed by atoms with E-state index in [0.29, 0.717) is 18.9 Å². The Kier molecular flexibility index (Phi) is 5.23. The fourth-order valence-electron chi connectivity index (χ4n) is 1.42. The largest absolute Gasteiger partial charge is 0.373 e. The molecule has 0 fully saturated rings. The Morgan fingerprint density at radius 1 is 1.43 bits per heavy atom. The molecule has 0 atom stereocenters. The Hall–Kier alpha value is -0.890. The number of Topliss-reactive ketones (excluding diaryl/α,β-unsaturated/α-hetero) is 1. The third kappa shape index (κ3) is 4.38. The maximum atomic E-state index is 11.1. The molecule has 1 rings (SSSR count). The van der Waals surface area contributed by atoms with E-state index in [-0.39, 0.29) is 12.4 Å². The number of ketones is 1. The summed E-state index contributed by atoms with van der Waals surface area (Å²) in [5.41, 5.74) is 0. The molecule has 0 aliphatic heterocycles. The van der Waals surface area contributed by atoms with Crippen LogP contribution in [0.4, 0.5) is 0 Å². The molecule has 0 heterocycles. The van der Waals surface area contributed by atoms with Gasteiger partial charge in [-0.2, -0.15) is 0 Å². The average molecular weight is 194 g/mol. The molecule has 0 aromatic rings. The van der Waals surface area contributed by atoms with Gasteiger partial charge in [0, 0.05) is 12.3 Å². The van der Waals surface area contributed by atoms with Crippen molar-refractivity contribution >= 4 is 5.78 Å². The molecule has 0 aromatic heterocycles. The van der Waals surface area contributed by atoms with E-state index in [4.69, 9.17) is 4.74 Å². The summed E-state index contributed by atoms with van der Waals surface area (Å²) in [7, 11) is 0. The van der Waals surface area contributed by atoms with Crippen molar-refractivity contribution in [2.24, 2.45) is 5.92 Å². The molecule has 0 spiro atoms. The van der Waals surface area contributed by atoms with Crippen LogP contribution in [0, 0.1) is 5.92 Å². The van der Waals surface area contributed by atoms with Gasteiger partial charge in [0.2, 0.25) is 0 Å². The minimum atomic E-state index is 0.205. The Balaban J connectivity index is 2.08. The quantitative estimate of drug-likeness (QED) is 0.607. The van der Waals surface area contributed by atoms with E-state index in [1.165, 1.54) is 0 Å². The van der Waals surface area contributed by atoms with Crippen LogP contribution in [0.3, 0.4) is 0 Å². The van der Waals surface area contributed by atoms with Crippen LogP contribution in [-0.2, 0) is 9.53 Å². The molecular weight excluding hydrogens is 176 g/mol. The molecule has 0 unspecified atom stereocenters. The Morgan fingerprint density at radius 2 is 2.14 bits per heavy atom. The Labute approximate surface area is 85.6 Å². The first-order valence-corrected chi connectivity index (χ1v) is 5.25. The predicted molar refractivity (Wildman–Crippen MR) is 57.1 cm³/mol. The number of ether oxygens (including phenoxy) is 1. The van der Waals surface area contributed by atoms with Crippen molar-refractivity contribution in [3.05, 3.63) is 24.3 Å². The van der Waals surface area contributed by atoms with Gasteiger partial charge in [0.1, 0.15) is 6.61 Å². The predicted octanol–water partition coefficient (Wildman–Crippen LogP) is 2.50. The van der Waals surface area contributed by atoms with Gasteiger partial charge in [0.25, 0.3) is 0 Å². The van der Waals surface area contributed by atoms with Gasteiger partial charge in [0.05, 0.1) is 6.61 Å². The van der Waals surface area contributed by atoms with Gasteiger partial charge in [-0.15, -0.1) is 0 Å². The van der Waals surface area contributed by atoms with Crippen LogP contribution in [0.2, 0.25) is 0 Å². The van der Waals surface area contributed by atoms with Crippen molar-refractivity contribution in [3.8, 4) is 0 Å². The van der Waals surface area contributed by atoms with Gasteiger partial charge in [0.15, 0.2) is 5.78 Å². The molecule has 0 radical (unpaired) electrons. The van der Waals surface area contributed by atoms with Crippen molar-refractivity contribution < 1.29 is 9.53 Å². The summed E-state index contributed by atoms with van der Waals surface area (Å²) in [6.45, 7) is 2.90. The summed E-state index contributed by atoms with van der Waals surface area (Å²) in [6.07, 6.45) is 11.1. The number of hydrogen-bond donors (Lipinski definition) is 0. The molecule has 0 amide bonds. The topological polar surface area (TPSA) is 26.3 Å². The summed E-state index contributed by atoms with van der Waals surface area (Å²) in [5, 5.41) is 0. The highest BCUT2D eigenvalue weighted by molar-refractivity contribution is 5.79. The second kappa shape index (κ2) is 6.55. The maximum absolute atomic E-state index is 11.1. The van der Waals surface area contributed by atoms with E-state index >= 15 is 0 Å². The van der Waals surface area contributed by atoms with Crippen molar-refractivity contribution in [2.45, 2.75) is 26.2 Å². The lowest BCUT2D eigenvalue weighted by Crippen LogP contribution is -2.13. The molecule has 1 aliphatic carbocycles. The van der Waals surface area contributed by atoms with Crippen molar-refractivity contribution in [1.29, 1.82) is 0 Å². The number of hydrogen-bond acceptors (Lipinski definition) is 2. The van der Waals surface area contributed by atoms with Gasteiger partial charge < -0.3 is 4.74 Å². The highest BCUT2D eigenvalue weighted by Gasteiger charge is 2.05. The van der Waals surface area contributed by atoms with Gasteiger partial charge in [-0.1, -0.05) is 31.2 Å². The third-order valence-electron chi connectivity index (χ3n) is 2.14. The molecule has 2 nitrogen and oxygen atoms in total. The normalized spacial score (nSPS) is 16.1. The van der Waals surface area contributed by atoms with E-state index in [2.05, 4.69) is 24.3 Å². The van der Waals surface area contributed by atoms with Gasteiger partial charge in [-0.25, -0.2) is 0 Å². The van der Waals surface area contributed by atoms with E-state index in [1.807, 2.05) is 6.92 Å². The van der Waals surface area contributed by atoms with Crippen LogP contribution in [0.15, 0.2) is 24.3 Å². The highest BCUT2D eigenvalue weighted by atomic mass is 16.5. The van der Waals surface area contributed by atoms with Crippen LogP contribution < -0.4 is 0 Å². The first-order valence-electron chi connectivity index (χ1n) is 5.25. The molecule has 2 heteroatoms. The van der Waals surface area contributed by atoms with Crippen molar-refractivity contribution in [3.63, 3.8) is 0 Å². The molecule has 1 aliphatic rings. The summed E-state index contributed by atoms with van der Waals surface area (Å²) >= 11 is 0. The number of allylic oxidation sites excluding steroid dienone is 2. The lowest BCUT2D eigenvalue weighted by Gasteiger charge is -2.10. The minimum Gasteiger partial charge on any atom is -0.373 e. The third-order valence-corrected chi connectivity index (χ3v) is 2.14. The van der Waals surface area contributed by atoms with Gasteiger partial charge in [-0.05, 0) is 12.8 Å². The molecule has 0 N–H and O–H groups in total. The first-order chi connectivity index (χ1) is 6.83. The maximum Gasteiger partial charge on any atom is 0.158 e. The average Bonchev–Trinajstić information content (AvgIpc) is 2.20. The zero-order valence-corrected chi connectivity index (χ0v) is 8.74. The molecule has 0 aromatic carbocycles. The van der Waals surface area contributed by atoms with Crippen LogP contribution in [-0.4, -0.2) is 19.0 Å². The number of carbonyl (C=O) groups excluding carboxylic acids is 1. The lowest BCUT2D eigenvalue weighted by atomic mass is 10.0. The van der Waals surface area contributed by atoms with Crippen molar-refractivity contribution in [1.82, 2.24) is 0 Å². The summed E-state index contributed by atoms with van der Waals surface area (Å²) in [6, 6.07) is 0. The fraction of sp³-hybridized carbons (Fsp3) is 0.583. The smallest absolute Gasteiger partial charge is 0.158 e. The second-order valence-electron chi connectivity index (χ2n) is 3.56. The van der Waals surface area contributed by atoms with Crippen LogP contribution in [0.5, 0.6) is 0 Å². The van der Waals surface area contributed by atoms with Crippen LogP contribution in [0.25, 0.3) is 0 Å². The number of carbonyl (C=O) groups is 1. The van der Waals surface area contributed by atoms with E-state index in [9.17, 15) is 4.79 Å². The zero-order valence-electron chi connectivity index (χ0n) is 8.74. The van der Waals surface area contributed by atoms with Crippen molar-refractivity contribution in [2.75, 3.05) is 13.2 Å². The molecule has 0 bridgehead atoms. The first kappa shape index (κ1) is 11.2. The second-order valence-corrected chi connectivity index (χ2v) is 3.56. The van der Waals surface area contributed by atoms with E-state index in [1.54, 1.807) is 0 Å². The van der Waals surface area contributed by atoms with Crippen LogP contribution >= 0.6 is 0 Å². The number of rotatable bonds is 6. The minimum absolute atomic E-state index is 0.205. The molecule has 0 saturated heterocycles. The SMILES string of the molecule is CCCC(=O)COCC1C=CCC=C1.